The van der Waals surface area contributed by atoms with Crippen LogP contribution in [0.25, 0.3) is 6.08 Å². The summed E-state index contributed by atoms with van der Waals surface area (Å²) in [6.07, 6.45) is 3.55. The van der Waals surface area contributed by atoms with Gasteiger partial charge in [-0.2, -0.15) is 0 Å². The Labute approximate surface area is 255 Å². The van der Waals surface area contributed by atoms with Crippen LogP contribution in [0.2, 0.25) is 0 Å². The molecule has 9 heteroatoms. The van der Waals surface area contributed by atoms with Crippen molar-refractivity contribution in [1.29, 1.82) is 0 Å². The molecule has 0 saturated carbocycles. The van der Waals surface area contributed by atoms with Gasteiger partial charge in [-0.15, -0.1) is 11.8 Å². The van der Waals surface area contributed by atoms with E-state index in [4.69, 9.17) is 9.47 Å². The number of carbonyl (C=O) groups excluding carboxylic acids is 1. The van der Waals surface area contributed by atoms with Crippen LogP contribution in [-0.2, 0) is 16.1 Å². The van der Waals surface area contributed by atoms with E-state index in [0.29, 0.717) is 33.0 Å². The average Bonchev–Trinajstić information content (AvgIpc) is 3.26. The topological polar surface area (TPSA) is 69.9 Å². The molecule has 0 fully saturated rings. The van der Waals surface area contributed by atoms with E-state index in [2.05, 4.69) is 20.9 Å². The predicted octanol–water partition coefficient (Wildman–Crippen LogP) is 6.25. The average molecular weight is 650 g/mol. The summed E-state index contributed by atoms with van der Waals surface area (Å²) in [6.45, 7) is 5.86. The van der Waals surface area contributed by atoms with Gasteiger partial charge in [0.15, 0.2) is 4.80 Å². The Morgan fingerprint density at radius 1 is 1.12 bits per heavy atom. The minimum atomic E-state index is -0.643. The highest BCUT2D eigenvalue weighted by Gasteiger charge is 2.33. The molecule has 0 saturated heterocycles. The molecule has 0 amide bonds. The molecule has 0 unspecified atom stereocenters. The molecule has 2 heterocycles. The van der Waals surface area contributed by atoms with Gasteiger partial charge in [0, 0.05) is 4.90 Å². The smallest absolute Gasteiger partial charge is 0.338 e. The summed E-state index contributed by atoms with van der Waals surface area (Å²) < 4.78 is 14.5. The third kappa shape index (κ3) is 6.42. The highest BCUT2D eigenvalue weighted by atomic mass is 79.9. The largest absolute Gasteiger partial charge is 0.488 e. The molecule has 0 radical (unpaired) electrons. The normalized spacial score (nSPS) is 15.1. The van der Waals surface area contributed by atoms with E-state index in [1.165, 1.54) is 11.3 Å². The number of allylic oxidation sites excluding steroid dienone is 1. The second kappa shape index (κ2) is 12.6. The van der Waals surface area contributed by atoms with Gasteiger partial charge < -0.3 is 9.47 Å². The van der Waals surface area contributed by atoms with Crippen LogP contribution in [0.15, 0.2) is 103 Å². The van der Waals surface area contributed by atoms with Crippen LogP contribution in [0.4, 0.5) is 0 Å². The van der Waals surface area contributed by atoms with Gasteiger partial charge in [0.25, 0.3) is 5.56 Å². The van der Waals surface area contributed by atoms with Crippen LogP contribution in [-0.4, -0.2) is 22.9 Å². The lowest BCUT2D eigenvalue weighted by atomic mass is 9.96. The van der Waals surface area contributed by atoms with Crippen molar-refractivity contribution in [2.45, 2.75) is 44.4 Å². The van der Waals surface area contributed by atoms with E-state index in [-0.39, 0.29) is 11.7 Å². The molecule has 1 atom stereocenters. The maximum absolute atomic E-state index is 13.9. The van der Waals surface area contributed by atoms with Crippen molar-refractivity contribution in [1.82, 2.24) is 4.57 Å². The molecule has 1 aliphatic heterocycles. The van der Waals surface area contributed by atoms with Crippen LogP contribution in [0.5, 0.6) is 5.75 Å². The summed E-state index contributed by atoms with van der Waals surface area (Å²) in [5.41, 5.74) is 3.44. The summed E-state index contributed by atoms with van der Waals surface area (Å²) in [5, 5.41) is 0. The molecular weight excluding hydrogens is 620 g/mol. The van der Waals surface area contributed by atoms with E-state index in [0.717, 1.165) is 26.1 Å². The monoisotopic (exact) mass is 648 g/mol. The van der Waals surface area contributed by atoms with Crippen LogP contribution in [0.1, 0.15) is 43.5 Å². The third-order valence-corrected chi connectivity index (χ3v) is 8.85. The molecule has 1 aliphatic rings. The molecule has 41 heavy (non-hydrogen) atoms. The van der Waals surface area contributed by atoms with Gasteiger partial charge in [0.1, 0.15) is 12.4 Å². The van der Waals surface area contributed by atoms with E-state index in [1.54, 1.807) is 37.1 Å². The Morgan fingerprint density at radius 2 is 1.85 bits per heavy atom. The molecule has 0 bridgehead atoms. The van der Waals surface area contributed by atoms with Crippen LogP contribution in [0.3, 0.4) is 0 Å². The second-order valence-electron chi connectivity index (χ2n) is 9.77. The quantitative estimate of drug-likeness (QED) is 0.167. The van der Waals surface area contributed by atoms with Gasteiger partial charge in [-0.3, -0.25) is 9.36 Å². The maximum atomic E-state index is 13.9. The lowest BCUT2D eigenvalue weighted by Gasteiger charge is -2.25. The summed E-state index contributed by atoms with van der Waals surface area (Å²) in [5.74, 6) is 0.245. The van der Waals surface area contributed by atoms with Crippen molar-refractivity contribution in [2.24, 2.45) is 4.99 Å². The van der Waals surface area contributed by atoms with Crippen molar-refractivity contribution in [3.05, 3.63) is 125 Å². The number of hydrogen-bond donors (Lipinski definition) is 0. The number of nitrogens with zero attached hydrogens (tertiary/aromatic N) is 2. The highest BCUT2D eigenvalue weighted by molar-refractivity contribution is 9.10. The zero-order chi connectivity index (χ0) is 29.1. The van der Waals surface area contributed by atoms with Crippen LogP contribution in [0, 0.1) is 0 Å². The van der Waals surface area contributed by atoms with Crippen molar-refractivity contribution in [3.63, 3.8) is 0 Å². The van der Waals surface area contributed by atoms with Crippen molar-refractivity contribution in [2.75, 3.05) is 6.26 Å². The number of fused-ring (bicyclic) bond motifs is 1. The first-order valence-corrected chi connectivity index (χ1v) is 15.9. The number of thiazole rings is 1. The molecule has 5 rings (SSSR count). The SMILES string of the molecule is CSc1ccc([C@@H]2C(C(=O)OC(C)C)=C(C)N=c3s/c(=C\c4ccc(OCc5ccccc5)c(Br)c4)c(=O)n32)cc1. The predicted molar refractivity (Wildman–Crippen MR) is 168 cm³/mol. The van der Waals surface area contributed by atoms with Crippen LogP contribution >= 0.6 is 39.0 Å². The highest BCUT2D eigenvalue weighted by Crippen LogP contribution is 2.32. The standard InChI is InChI=1S/C32H29BrN2O4S2/c1-19(2)39-31(37)28-20(3)34-32-35(29(28)23-11-13-24(40-4)14-12-23)30(36)27(41-32)17-22-10-15-26(25(33)16-22)38-18-21-8-6-5-7-9-21/h5-17,19,29H,18H2,1-4H3/b27-17-/t29-/m1/s1. The number of hydrogen-bond acceptors (Lipinski definition) is 7. The molecule has 6 nitrogen and oxygen atoms in total. The fraction of sp³-hybridized carbons (Fsp3) is 0.219. The van der Waals surface area contributed by atoms with E-state index in [9.17, 15) is 9.59 Å². The lowest BCUT2D eigenvalue weighted by molar-refractivity contribution is -0.143. The second-order valence-corrected chi connectivity index (χ2v) is 12.5. The van der Waals surface area contributed by atoms with E-state index < -0.39 is 12.0 Å². The molecule has 1 aromatic heterocycles. The van der Waals surface area contributed by atoms with Crippen molar-refractivity contribution < 1.29 is 14.3 Å². The number of halogens is 1. The number of ether oxygens (including phenoxy) is 2. The molecule has 0 N–H and O–H groups in total. The minimum Gasteiger partial charge on any atom is -0.488 e. The summed E-state index contributed by atoms with van der Waals surface area (Å²) >= 11 is 6.54. The summed E-state index contributed by atoms with van der Waals surface area (Å²) in [4.78, 5) is 33.5. The molecular formula is C32H29BrN2O4S2. The maximum Gasteiger partial charge on any atom is 0.338 e. The molecule has 210 valence electrons. The lowest BCUT2D eigenvalue weighted by Crippen LogP contribution is -2.40. The number of thioether (sulfide) groups is 1. The van der Waals surface area contributed by atoms with Gasteiger partial charge in [0.05, 0.1) is 32.4 Å². The third-order valence-electron chi connectivity index (χ3n) is 6.51. The molecule has 4 aromatic rings. The number of rotatable bonds is 8. The zero-order valence-electron chi connectivity index (χ0n) is 23.1. The van der Waals surface area contributed by atoms with Gasteiger partial charge in [0.2, 0.25) is 0 Å². The Balaban J connectivity index is 1.54. The number of esters is 1. The molecule has 0 spiro atoms. The first-order valence-electron chi connectivity index (χ1n) is 13.1. The Kier molecular flexibility index (Phi) is 8.97. The van der Waals surface area contributed by atoms with Gasteiger partial charge >= 0.3 is 5.97 Å². The molecule has 0 aliphatic carbocycles. The van der Waals surface area contributed by atoms with Crippen LogP contribution < -0.4 is 19.6 Å². The minimum absolute atomic E-state index is 0.212. The summed E-state index contributed by atoms with van der Waals surface area (Å²) in [6, 6.07) is 23.0. The van der Waals surface area contributed by atoms with Crippen molar-refractivity contribution >= 4 is 51.1 Å². The zero-order valence-corrected chi connectivity index (χ0v) is 26.3. The Bertz CT molecular complexity index is 1790. The Hall–Kier alpha value is -3.40. The van der Waals surface area contributed by atoms with Gasteiger partial charge in [-0.05, 0) is 90.0 Å². The van der Waals surface area contributed by atoms with Gasteiger partial charge in [-0.1, -0.05) is 59.9 Å². The van der Waals surface area contributed by atoms with Crippen molar-refractivity contribution in [3.8, 4) is 5.75 Å². The Morgan fingerprint density at radius 3 is 2.51 bits per heavy atom. The van der Waals surface area contributed by atoms with Gasteiger partial charge in [-0.25, -0.2) is 9.79 Å². The molecule has 3 aromatic carbocycles. The first kappa shape index (κ1) is 29.1. The summed E-state index contributed by atoms with van der Waals surface area (Å²) in [7, 11) is 0. The van der Waals surface area contributed by atoms with E-state index >= 15 is 0 Å². The number of carbonyl (C=O) groups is 1. The number of aromatic nitrogens is 1. The number of benzene rings is 3. The fourth-order valence-corrected chi connectivity index (χ4v) is 6.54. The fourth-order valence-electron chi connectivity index (χ4n) is 4.57. The van der Waals surface area contributed by atoms with E-state index in [1.807, 2.05) is 85.1 Å². The first-order chi connectivity index (χ1) is 19.7.